The molecule has 0 saturated carbocycles. The summed E-state index contributed by atoms with van der Waals surface area (Å²) in [6.07, 6.45) is 4.06. The minimum absolute atomic E-state index is 0.136. The number of rotatable bonds is 4. The van der Waals surface area contributed by atoms with E-state index in [2.05, 4.69) is 60.1 Å². The van der Waals surface area contributed by atoms with Crippen LogP contribution in [-0.2, 0) is 26.2 Å². The van der Waals surface area contributed by atoms with E-state index in [1.807, 2.05) is 27.9 Å². The molecule has 1 atom stereocenters. The van der Waals surface area contributed by atoms with Crippen LogP contribution in [0.5, 0.6) is 0 Å². The van der Waals surface area contributed by atoms with Crippen LogP contribution >= 0.6 is 12.2 Å². The number of aromatic nitrogens is 6. The molecule has 1 fully saturated rings. The molecule has 2 aromatic heterocycles. The standard InChI is InChI=1S/C22H31N7S/c1-22(2,3)18-10-8-16(9-11-18)20-25-29(21(30)27(20)5)15-28-12-6-7-17(13-28)19-24-23-14-26(19)4/h8-11,14,17H,6-7,12-13,15H2,1-5H3. The molecule has 0 radical (unpaired) electrons. The van der Waals surface area contributed by atoms with Crippen molar-refractivity contribution in [3.05, 3.63) is 46.8 Å². The van der Waals surface area contributed by atoms with Gasteiger partial charge in [0.2, 0.25) is 0 Å². The predicted molar refractivity (Wildman–Crippen MR) is 121 cm³/mol. The zero-order valence-corrected chi connectivity index (χ0v) is 19.4. The van der Waals surface area contributed by atoms with Crippen molar-refractivity contribution in [2.75, 3.05) is 13.1 Å². The van der Waals surface area contributed by atoms with Crippen LogP contribution in [0.1, 0.15) is 50.9 Å². The molecule has 1 unspecified atom stereocenters. The highest BCUT2D eigenvalue weighted by atomic mass is 32.1. The van der Waals surface area contributed by atoms with Crippen LogP contribution < -0.4 is 0 Å². The van der Waals surface area contributed by atoms with Crippen LogP contribution in [0.25, 0.3) is 11.4 Å². The summed E-state index contributed by atoms with van der Waals surface area (Å²) in [6, 6.07) is 8.67. The van der Waals surface area contributed by atoms with Crippen molar-refractivity contribution in [1.29, 1.82) is 0 Å². The van der Waals surface area contributed by atoms with E-state index in [1.165, 1.54) is 5.56 Å². The Morgan fingerprint density at radius 1 is 1.13 bits per heavy atom. The van der Waals surface area contributed by atoms with Crippen molar-refractivity contribution >= 4 is 12.2 Å². The molecule has 0 amide bonds. The lowest BCUT2D eigenvalue weighted by molar-refractivity contribution is 0.153. The third-order valence-electron chi connectivity index (χ3n) is 6.00. The Labute approximate surface area is 183 Å². The molecule has 3 heterocycles. The number of benzene rings is 1. The molecule has 4 rings (SSSR count). The van der Waals surface area contributed by atoms with E-state index in [9.17, 15) is 0 Å². The van der Waals surface area contributed by atoms with Crippen LogP contribution in [0.3, 0.4) is 0 Å². The molecule has 7 nitrogen and oxygen atoms in total. The third kappa shape index (κ3) is 4.11. The van der Waals surface area contributed by atoms with Crippen molar-refractivity contribution in [3.63, 3.8) is 0 Å². The van der Waals surface area contributed by atoms with E-state index < -0.39 is 0 Å². The maximum atomic E-state index is 5.71. The van der Waals surface area contributed by atoms with Crippen LogP contribution in [0.4, 0.5) is 0 Å². The Balaban J connectivity index is 1.53. The first-order valence-electron chi connectivity index (χ1n) is 10.5. The Bertz CT molecular complexity index is 1070. The fourth-order valence-electron chi connectivity index (χ4n) is 4.20. The van der Waals surface area contributed by atoms with Gasteiger partial charge in [0.05, 0.1) is 6.67 Å². The Hall–Kier alpha value is -2.32. The van der Waals surface area contributed by atoms with Gasteiger partial charge in [-0.15, -0.1) is 10.2 Å². The van der Waals surface area contributed by atoms with Crippen molar-refractivity contribution in [3.8, 4) is 11.4 Å². The second-order valence-corrected chi connectivity index (χ2v) is 9.71. The number of nitrogens with zero attached hydrogens (tertiary/aromatic N) is 7. The SMILES string of the molecule is Cn1cnnc1C1CCCN(Cn2nc(-c3ccc(C(C)(C)C)cc3)n(C)c2=S)C1. The van der Waals surface area contributed by atoms with Gasteiger partial charge in [0.15, 0.2) is 10.6 Å². The highest BCUT2D eigenvalue weighted by Gasteiger charge is 2.25. The lowest BCUT2D eigenvalue weighted by atomic mass is 9.87. The summed E-state index contributed by atoms with van der Waals surface area (Å²) in [6.45, 7) is 9.37. The normalized spacial score (nSPS) is 18.1. The van der Waals surface area contributed by atoms with Crippen molar-refractivity contribution in [2.24, 2.45) is 14.1 Å². The van der Waals surface area contributed by atoms with Gasteiger partial charge in [-0.05, 0) is 42.6 Å². The lowest BCUT2D eigenvalue weighted by Gasteiger charge is -2.31. The van der Waals surface area contributed by atoms with Gasteiger partial charge in [-0.25, -0.2) is 4.68 Å². The van der Waals surface area contributed by atoms with Gasteiger partial charge in [-0.2, -0.15) is 5.10 Å². The second-order valence-electron chi connectivity index (χ2n) is 9.35. The van der Waals surface area contributed by atoms with Crippen LogP contribution in [0.15, 0.2) is 30.6 Å². The Morgan fingerprint density at radius 2 is 1.87 bits per heavy atom. The van der Waals surface area contributed by atoms with Crippen molar-refractivity contribution < 1.29 is 0 Å². The van der Waals surface area contributed by atoms with Crippen LogP contribution in [-0.4, -0.2) is 47.1 Å². The van der Waals surface area contributed by atoms with Crippen molar-refractivity contribution in [2.45, 2.75) is 51.6 Å². The topological polar surface area (TPSA) is 56.7 Å². The molecular weight excluding hydrogens is 394 g/mol. The van der Waals surface area contributed by atoms with Gasteiger partial charge in [0, 0.05) is 32.1 Å². The average molecular weight is 426 g/mol. The van der Waals surface area contributed by atoms with Gasteiger partial charge in [-0.1, -0.05) is 45.0 Å². The molecule has 0 bridgehead atoms. The zero-order valence-electron chi connectivity index (χ0n) is 18.5. The molecule has 30 heavy (non-hydrogen) atoms. The highest BCUT2D eigenvalue weighted by molar-refractivity contribution is 7.71. The van der Waals surface area contributed by atoms with Crippen molar-refractivity contribution in [1.82, 2.24) is 34.0 Å². The predicted octanol–water partition coefficient (Wildman–Crippen LogP) is 3.88. The fraction of sp³-hybridized carbons (Fsp3) is 0.545. The molecule has 1 saturated heterocycles. The summed E-state index contributed by atoms with van der Waals surface area (Å²) in [4.78, 5) is 2.41. The second kappa shape index (κ2) is 8.07. The first-order valence-corrected chi connectivity index (χ1v) is 11.0. The van der Waals surface area contributed by atoms with E-state index in [0.29, 0.717) is 12.6 Å². The molecule has 0 spiro atoms. The largest absolute Gasteiger partial charge is 0.320 e. The summed E-state index contributed by atoms with van der Waals surface area (Å²) >= 11 is 5.71. The first-order chi connectivity index (χ1) is 14.2. The van der Waals surface area contributed by atoms with Gasteiger partial charge in [-0.3, -0.25) is 4.90 Å². The number of hydrogen-bond acceptors (Lipinski definition) is 5. The number of piperidine rings is 1. The fourth-order valence-corrected chi connectivity index (χ4v) is 4.38. The van der Waals surface area contributed by atoms with Gasteiger partial charge < -0.3 is 9.13 Å². The number of likely N-dealkylation sites (tertiary alicyclic amines) is 1. The first kappa shape index (κ1) is 20.9. The monoisotopic (exact) mass is 425 g/mol. The average Bonchev–Trinajstić information content (AvgIpc) is 3.26. The molecule has 1 aliphatic rings. The van der Waals surface area contributed by atoms with Gasteiger partial charge in [0.1, 0.15) is 12.2 Å². The molecule has 1 aromatic carbocycles. The van der Waals surface area contributed by atoms with Gasteiger partial charge in [0.25, 0.3) is 0 Å². The number of hydrogen-bond donors (Lipinski definition) is 0. The molecule has 3 aromatic rings. The summed E-state index contributed by atoms with van der Waals surface area (Å²) in [7, 11) is 4.01. The Morgan fingerprint density at radius 3 is 2.50 bits per heavy atom. The molecular formula is C22H31N7S. The summed E-state index contributed by atoms with van der Waals surface area (Å²) in [5.74, 6) is 2.36. The maximum Gasteiger partial charge on any atom is 0.199 e. The van der Waals surface area contributed by atoms with Gasteiger partial charge >= 0.3 is 0 Å². The lowest BCUT2D eigenvalue weighted by Crippen LogP contribution is -2.37. The summed E-state index contributed by atoms with van der Waals surface area (Å²) in [5, 5.41) is 13.2. The summed E-state index contributed by atoms with van der Waals surface area (Å²) in [5.41, 5.74) is 2.54. The quantitative estimate of drug-likeness (QED) is 0.594. The van der Waals surface area contributed by atoms with Crippen LogP contribution in [0, 0.1) is 4.77 Å². The molecule has 8 heteroatoms. The minimum Gasteiger partial charge on any atom is -0.320 e. The molecule has 0 aliphatic carbocycles. The summed E-state index contributed by atoms with van der Waals surface area (Å²) < 4.78 is 6.72. The smallest absolute Gasteiger partial charge is 0.199 e. The van der Waals surface area contributed by atoms with E-state index in [0.717, 1.165) is 47.9 Å². The zero-order chi connectivity index (χ0) is 21.5. The maximum absolute atomic E-state index is 5.71. The van der Waals surface area contributed by atoms with E-state index >= 15 is 0 Å². The molecule has 1 aliphatic heterocycles. The number of aryl methyl sites for hydroxylation is 1. The molecule has 160 valence electrons. The van der Waals surface area contributed by atoms with E-state index in [4.69, 9.17) is 17.3 Å². The third-order valence-corrected chi connectivity index (χ3v) is 6.49. The van der Waals surface area contributed by atoms with E-state index in [-0.39, 0.29) is 5.41 Å². The highest BCUT2D eigenvalue weighted by Crippen LogP contribution is 2.27. The minimum atomic E-state index is 0.136. The van der Waals surface area contributed by atoms with E-state index in [1.54, 1.807) is 6.33 Å². The van der Waals surface area contributed by atoms with Crippen LogP contribution in [0.2, 0.25) is 0 Å². The molecule has 0 N–H and O–H groups in total. The Kier molecular flexibility index (Phi) is 5.63.